The lowest BCUT2D eigenvalue weighted by Gasteiger charge is -2.14. The van der Waals surface area contributed by atoms with Gasteiger partial charge in [0.2, 0.25) is 0 Å². The van der Waals surface area contributed by atoms with Crippen molar-refractivity contribution in [2.24, 2.45) is 0 Å². The molecule has 0 aromatic heterocycles. The Kier molecular flexibility index (Phi) is 5.06. The highest BCUT2D eigenvalue weighted by molar-refractivity contribution is 14.1. The van der Waals surface area contributed by atoms with Gasteiger partial charge < -0.3 is 10.2 Å². The van der Waals surface area contributed by atoms with Crippen LogP contribution in [-0.4, -0.2) is 31.1 Å². The van der Waals surface area contributed by atoms with Crippen LogP contribution in [-0.2, 0) is 6.54 Å². The zero-order valence-electron chi connectivity index (χ0n) is 9.58. The van der Waals surface area contributed by atoms with Crippen LogP contribution in [0.25, 0.3) is 0 Å². The van der Waals surface area contributed by atoms with E-state index in [-0.39, 0.29) is 0 Å². The fourth-order valence-corrected chi connectivity index (χ4v) is 2.69. The molecule has 1 aromatic carbocycles. The fourth-order valence-electron chi connectivity index (χ4n) is 2.11. The van der Waals surface area contributed by atoms with Crippen LogP contribution in [0.3, 0.4) is 0 Å². The number of nitrogens with one attached hydrogen (secondary N) is 1. The van der Waals surface area contributed by atoms with Crippen molar-refractivity contribution in [3.63, 3.8) is 0 Å². The molecule has 0 aliphatic carbocycles. The molecule has 16 heavy (non-hydrogen) atoms. The molecule has 1 saturated heterocycles. The molecule has 0 atom stereocenters. The van der Waals surface area contributed by atoms with E-state index in [0.717, 1.165) is 13.1 Å². The lowest BCUT2D eigenvalue weighted by atomic mass is 10.2. The molecule has 0 unspecified atom stereocenters. The predicted molar refractivity (Wildman–Crippen MR) is 76.5 cm³/mol. The number of hydrogen-bond donors (Lipinski definition) is 1. The first kappa shape index (κ1) is 12.3. The lowest BCUT2D eigenvalue weighted by molar-refractivity contribution is 0.335. The normalized spacial score (nSPS) is 16.8. The van der Waals surface area contributed by atoms with Crippen LogP contribution in [0.5, 0.6) is 0 Å². The van der Waals surface area contributed by atoms with E-state index < -0.39 is 0 Å². The quantitative estimate of drug-likeness (QED) is 0.659. The van der Waals surface area contributed by atoms with Gasteiger partial charge in [0.15, 0.2) is 0 Å². The van der Waals surface area contributed by atoms with E-state index in [4.69, 9.17) is 0 Å². The summed E-state index contributed by atoms with van der Waals surface area (Å²) in [5.41, 5.74) is 1.41. The maximum absolute atomic E-state index is 3.52. The summed E-state index contributed by atoms with van der Waals surface area (Å²) in [6, 6.07) is 8.57. The van der Waals surface area contributed by atoms with Gasteiger partial charge in [-0.15, -0.1) is 0 Å². The minimum absolute atomic E-state index is 0.993. The first-order chi connectivity index (χ1) is 7.86. The molecular formula is C13H19IN2. The van der Waals surface area contributed by atoms with Crippen molar-refractivity contribution in [1.29, 1.82) is 0 Å². The largest absolute Gasteiger partial charge is 0.311 e. The van der Waals surface area contributed by atoms with Crippen molar-refractivity contribution in [2.75, 3.05) is 26.2 Å². The Labute approximate surface area is 112 Å². The van der Waals surface area contributed by atoms with Crippen molar-refractivity contribution in [3.05, 3.63) is 33.4 Å². The van der Waals surface area contributed by atoms with Crippen LogP contribution in [0, 0.1) is 3.57 Å². The van der Waals surface area contributed by atoms with E-state index in [1.807, 2.05) is 0 Å². The third-order valence-electron chi connectivity index (χ3n) is 3.08. The smallest absolute Gasteiger partial charge is 0.0216 e. The molecule has 2 nitrogen and oxygen atoms in total. The van der Waals surface area contributed by atoms with Crippen LogP contribution >= 0.6 is 22.6 Å². The number of halogens is 1. The van der Waals surface area contributed by atoms with Gasteiger partial charge in [0.05, 0.1) is 0 Å². The minimum atomic E-state index is 0.993. The lowest BCUT2D eigenvalue weighted by Crippen LogP contribution is -2.29. The molecule has 2 rings (SSSR count). The van der Waals surface area contributed by atoms with Crippen molar-refractivity contribution in [1.82, 2.24) is 10.2 Å². The number of likely N-dealkylation sites (tertiary alicyclic amines) is 1. The van der Waals surface area contributed by atoms with Gasteiger partial charge in [0.1, 0.15) is 0 Å². The van der Waals surface area contributed by atoms with E-state index >= 15 is 0 Å². The van der Waals surface area contributed by atoms with Gasteiger partial charge in [-0.3, -0.25) is 0 Å². The standard InChI is InChI=1S/C13H19IN2/c14-13-6-2-1-5-12(13)11-15-7-10-16-8-3-4-9-16/h1-2,5-6,15H,3-4,7-11H2. The molecule has 1 N–H and O–H groups in total. The average Bonchev–Trinajstić information content (AvgIpc) is 2.79. The van der Waals surface area contributed by atoms with Crippen LogP contribution in [0.2, 0.25) is 0 Å². The van der Waals surface area contributed by atoms with Crippen molar-refractivity contribution in [2.45, 2.75) is 19.4 Å². The molecule has 3 heteroatoms. The van der Waals surface area contributed by atoms with Gasteiger partial charge in [0, 0.05) is 23.2 Å². The van der Waals surface area contributed by atoms with Crippen LogP contribution < -0.4 is 5.32 Å². The molecule has 1 aliphatic heterocycles. The number of nitrogens with zero attached hydrogens (tertiary/aromatic N) is 1. The molecule has 1 aliphatic rings. The van der Waals surface area contributed by atoms with Gasteiger partial charge in [0.25, 0.3) is 0 Å². The molecule has 0 bridgehead atoms. The number of rotatable bonds is 5. The summed E-state index contributed by atoms with van der Waals surface area (Å²) in [7, 11) is 0. The Morgan fingerprint density at radius 1 is 1.19 bits per heavy atom. The molecule has 0 amide bonds. The van der Waals surface area contributed by atoms with Crippen LogP contribution in [0.1, 0.15) is 18.4 Å². The first-order valence-electron chi connectivity index (χ1n) is 6.03. The second-order valence-corrected chi connectivity index (χ2v) is 5.48. The summed E-state index contributed by atoms with van der Waals surface area (Å²) in [5, 5.41) is 3.52. The maximum atomic E-state index is 3.52. The van der Waals surface area contributed by atoms with E-state index in [2.05, 4.69) is 57.1 Å². The third-order valence-corrected chi connectivity index (χ3v) is 4.13. The Hall–Kier alpha value is -0.130. The topological polar surface area (TPSA) is 15.3 Å². The van der Waals surface area contributed by atoms with Gasteiger partial charge in [-0.1, -0.05) is 18.2 Å². The van der Waals surface area contributed by atoms with Crippen LogP contribution in [0.4, 0.5) is 0 Å². The molecule has 1 fully saturated rings. The number of hydrogen-bond acceptors (Lipinski definition) is 2. The van der Waals surface area contributed by atoms with Gasteiger partial charge in [-0.2, -0.15) is 0 Å². The zero-order valence-corrected chi connectivity index (χ0v) is 11.7. The monoisotopic (exact) mass is 330 g/mol. The van der Waals surface area contributed by atoms with Gasteiger partial charge in [-0.25, -0.2) is 0 Å². The zero-order chi connectivity index (χ0) is 11.2. The highest BCUT2D eigenvalue weighted by atomic mass is 127. The summed E-state index contributed by atoms with van der Waals surface area (Å²) in [5.74, 6) is 0. The second-order valence-electron chi connectivity index (χ2n) is 4.32. The molecule has 1 aromatic rings. The summed E-state index contributed by atoms with van der Waals surface area (Å²) >= 11 is 2.40. The first-order valence-corrected chi connectivity index (χ1v) is 7.10. The van der Waals surface area contributed by atoms with Crippen molar-refractivity contribution < 1.29 is 0 Å². The Morgan fingerprint density at radius 3 is 2.69 bits per heavy atom. The molecule has 0 saturated carbocycles. The Balaban J connectivity index is 1.66. The minimum Gasteiger partial charge on any atom is -0.311 e. The molecule has 0 radical (unpaired) electrons. The predicted octanol–water partition coefficient (Wildman–Crippen LogP) is 2.48. The summed E-state index contributed by atoms with van der Waals surface area (Å²) in [6.07, 6.45) is 2.77. The molecular weight excluding hydrogens is 311 g/mol. The van der Waals surface area contributed by atoms with E-state index in [9.17, 15) is 0 Å². The van der Waals surface area contributed by atoms with E-state index in [1.54, 1.807) is 0 Å². The Morgan fingerprint density at radius 2 is 1.94 bits per heavy atom. The SMILES string of the molecule is Ic1ccccc1CNCCN1CCCC1. The second kappa shape index (κ2) is 6.57. The van der Waals surface area contributed by atoms with E-state index in [1.165, 1.54) is 41.6 Å². The Bertz CT molecular complexity index is 321. The third kappa shape index (κ3) is 3.71. The highest BCUT2D eigenvalue weighted by Gasteiger charge is 2.09. The number of benzene rings is 1. The maximum Gasteiger partial charge on any atom is 0.0216 e. The molecule has 0 spiro atoms. The molecule has 1 heterocycles. The van der Waals surface area contributed by atoms with Crippen molar-refractivity contribution >= 4 is 22.6 Å². The van der Waals surface area contributed by atoms with Gasteiger partial charge in [-0.05, 0) is 60.2 Å². The highest BCUT2D eigenvalue weighted by Crippen LogP contribution is 2.10. The summed E-state index contributed by atoms with van der Waals surface area (Å²) in [4.78, 5) is 2.54. The van der Waals surface area contributed by atoms with Gasteiger partial charge >= 0.3 is 0 Å². The van der Waals surface area contributed by atoms with Crippen molar-refractivity contribution in [3.8, 4) is 0 Å². The van der Waals surface area contributed by atoms with Crippen LogP contribution in [0.15, 0.2) is 24.3 Å². The summed E-state index contributed by atoms with van der Waals surface area (Å²) in [6.45, 7) is 5.89. The fraction of sp³-hybridized carbons (Fsp3) is 0.538. The average molecular weight is 330 g/mol. The van der Waals surface area contributed by atoms with E-state index in [0.29, 0.717) is 0 Å². The molecule has 88 valence electrons. The summed E-state index contributed by atoms with van der Waals surface area (Å²) < 4.78 is 1.36.